The molecule has 0 aliphatic carbocycles. The molecule has 2 aromatic rings. The summed E-state index contributed by atoms with van der Waals surface area (Å²) < 4.78 is 13.0. The van der Waals surface area contributed by atoms with Crippen molar-refractivity contribution < 1.29 is 19.1 Å². The first-order valence-electron chi connectivity index (χ1n) is 10.4. The first-order chi connectivity index (χ1) is 13.8. The standard InChI is InChI=1S/C24H32O4Si/c1-5-21(23(25)26)22-16-18(17-27-22)28-29(24(2,3)4,19-12-8-6-9-13-19)20-14-10-7-11-15-20/h6-15,18,21-22H,5,16-17H2,1-4H3,(H,25,26)/t18-,21?,22+/m1/s1. The van der Waals surface area contributed by atoms with E-state index in [1.807, 2.05) is 19.1 Å². The van der Waals surface area contributed by atoms with E-state index in [1.54, 1.807) is 0 Å². The van der Waals surface area contributed by atoms with Crippen LogP contribution in [-0.4, -0.2) is 38.2 Å². The second-order valence-corrected chi connectivity index (χ2v) is 13.1. The maximum atomic E-state index is 11.6. The second-order valence-electron chi connectivity index (χ2n) is 8.86. The number of aliphatic carboxylic acids is 1. The van der Waals surface area contributed by atoms with Crippen molar-refractivity contribution in [3.05, 3.63) is 60.7 Å². The lowest BCUT2D eigenvalue weighted by Gasteiger charge is -2.44. The van der Waals surface area contributed by atoms with Gasteiger partial charge in [-0.25, -0.2) is 0 Å². The first kappa shape index (κ1) is 21.7. The minimum absolute atomic E-state index is 0.106. The van der Waals surface area contributed by atoms with E-state index in [2.05, 4.69) is 69.3 Å². The highest BCUT2D eigenvalue weighted by Crippen LogP contribution is 2.39. The van der Waals surface area contributed by atoms with Crippen LogP contribution in [0.1, 0.15) is 40.5 Å². The summed E-state index contributed by atoms with van der Waals surface area (Å²) >= 11 is 0. The van der Waals surface area contributed by atoms with E-state index in [0.29, 0.717) is 19.4 Å². The van der Waals surface area contributed by atoms with E-state index in [9.17, 15) is 9.90 Å². The lowest BCUT2D eigenvalue weighted by molar-refractivity contribution is -0.146. The fourth-order valence-electron chi connectivity index (χ4n) is 4.53. The van der Waals surface area contributed by atoms with E-state index in [4.69, 9.17) is 9.16 Å². The number of carboxylic acids is 1. The largest absolute Gasteiger partial charge is 0.481 e. The molecule has 0 spiro atoms. The molecule has 0 radical (unpaired) electrons. The summed E-state index contributed by atoms with van der Waals surface area (Å²) in [5.74, 6) is -1.27. The van der Waals surface area contributed by atoms with Gasteiger partial charge >= 0.3 is 5.97 Å². The van der Waals surface area contributed by atoms with Crippen LogP contribution < -0.4 is 10.4 Å². The van der Waals surface area contributed by atoms with Crippen LogP contribution in [0, 0.1) is 5.92 Å². The number of rotatable bonds is 7. The van der Waals surface area contributed by atoms with Gasteiger partial charge in [0.2, 0.25) is 0 Å². The Bertz CT molecular complexity index is 761. The number of carboxylic acid groups (broad SMARTS) is 1. The van der Waals surface area contributed by atoms with Crippen LogP contribution in [0.15, 0.2) is 60.7 Å². The van der Waals surface area contributed by atoms with Gasteiger partial charge in [0, 0.05) is 6.42 Å². The van der Waals surface area contributed by atoms with Crippen molar-refractivity contribution in [2.45, 2.75) is 57.8 Å². The average Bonchev–Trinajstić information content (AvgIpc) is 3.15. The third-order valence-corrected chi connectivity index (χ3v) is 11.0. The van der Waals surface area contributed by atoms with Crippen LogP contribution >= 0.6 is 0 Å². The van der Waals surface area contributed by atoms with Crippen LogP contribution in [0.2, 0.25) is 5.04 Å². The fourth-order valence-corrected chi connectivity index (χ4v) is 9.21. The summed E-state index contributed by atoms with van der Waals surface area (Å²) in [5, 5.41) is 11.9. The Hall–Kier alpha value is -1.95. The molecule has 0 bridgehead atoms. The zero-order valence-electron chi connectivity index (χ0n) is 17.8. The Morgan fingerprint density at radius 3 is 2.03 bits per heavy atom. The van der Waals surface area contributed by atoms with Crippen molar-refractivity contribution in [3.63, 3.8) is 0 Å². The monoisotopic (exact) mass is 412 g/mol. The highest BCUT2D eigenvalue weighted by atomic mass is 28.4. The average molecular weight is 413 g/mol. The molecule has 29 heavy (non-hydrogen) atoms. The van der Waals surface area contributed by atoms with E-state index in [-0.39, 0.29) is 17.2 Å². The van der Waals surface area contributed by atoms with Gasteiger partial charge in [-0.15, -0.1) is 0 Å². The Morgan fingerprint density at radius 1 is 1.10 bits per heavy atom. The van der Waals surface area contributed by atoms with Gasteiger partial charge in [0.05, 0.1) is 24.7 Å². The van der Waals surface area contributed by atoms with E-state index in [1.165, 1.54) is 10.4 Å². The molecule has 3 atom stereocenters. The smallest absolute Gasteiger partial charge is 0.309 e. The summed E-state index contributed by atoms with van der Waals surface area (Å²) in [4.78, 5) is 11.6. The van der Waals surface area contributed by atoms with Crippen molar-refractivity contribution in [2.75, 3.05) is 6.61 Å². The molecule has 1 aliphatic rings. The zero-order chi connectivity index (χ0) is 21.1. The summed E-state index contributed by atoms with van der Waals surface area (Å²) in [5.41, 5.74) is 0. The highest BCUT2D eigenvalue weighted by molar-refractivity contribution is 6.99. The molecule has 2 aromatic carbocycles. The van der Waals surface area contributed by atoms with Gasteiger partial charge in [0.15, 0.2) is 0 Å². The van der Waals surface area contributed by atoms with E-state index >= 15 is 0 Å². The minimum Gasteiger partial charge on any atom is -0.481 e. The predicted molar refractivity (Wildman–Crippen MR) is 118 cm³/mol. The lowest BCUT2D eigenvalue weighted by atomic mass is 9.97. The van der Waals surface area contributed by atoms with Crippen LogP contribution in [0.4, 0.5) is 0 Å². The third kappa shape index (κ3) is 4.32. The summed E-state index contributed by atoms with van der Waals surface area (Å²) in [7, 11) is -2.64. The third-order valence-electron chi connectivity index (χ3n) is 5.96. The van der Waals surface area contributed by atoms with Gasteiger partial charge in [0.1, 0.15) is 0 Å². The summed E-state index contributed by atoms with van der Waals surface area (Å²) in [6, 6.07) is 21.0. The van der Waals surface area contributed by atoms with Crippen molar-refractivity contribution in [3.8, 4) is 0 Å². The molecule has 0 aromatic heterocycles. The quantitative estimate of drug-likeness (QED) is 0.702. The van der Waals surface area contributed by atoms with Crippen LogP contribution in [-0.2, 0) is 14.0 Å². The fraction of sp³-hybridized carbons (Fsp3) is 0.458. The van der Waals surface area contributed by atoms with Gasteiger partial charge in [-0.05, 0) is 21.8 Å². The van der Waals surface area contributed by atoms with Crippen molar-refractivity contribution in [1.29, 1.82) is 0 Å². The molecular formula is C24H32O4Si. The predicted octanol–water partition coefficient (Wildman–Crippen LogP) is 3.83. The Kier molecular flexibility index (Phi) is 6.61. The molecule has 0 saturated carbocycles. The maximum Gasteiger partial charge on any atom is 0.309 e. The first-order valence-corrected chi connectivity index (χ1v) is 12.3. The molecule has 156 valence electrons. The van der Waals surface area contributed by atoms with Gasteiger partial charge in [-0.2, -0.15) is 0 Å². The van der Waals surface area contributed by atoms with E-state index < -0.39 is 20.2 Å². The Labute approximate surface area is 175 Å². The van der Waals surface area contributed by atoms with Crippen LogP contribution in [0.3, 0.4) is 0 Å². The number of ether oxygens (including phenoxy) is 1. The molecule has 1 aliphatic heterocycles. The molecule has 1 saturated heterocycles. The molecule has 1 N–H and O–H groups in total. The van der Waals surface area contributed by atoms with Crippen LogP contribution in [0.25, 0.3) is 0 Å². The normalized spacial score (nSPS) is 21.1. The Morgan fingerprint density at radius 2 is 1.62 bits per heavy atom. The lowest BCUT2D eigenvalue weighted by Crippen LogP contribution is -2.67. The molecule has 1 heterocycles. The zero-order valence-corrected chi connectivity index (χ0v) is 18.8. The highest BCUT2D eigenvalue weighted by Gasteiger charge is 2.52. The van der Waals surface area contributed by atoms with Crippen LogP contribution in [0.5, 0.6) is 0 Å². The van der Waals surface area contributed by atoms with Gasteiger partial charge in [-0.3, -0.25) is 4.79 Å². The van der Waals surface area contributed by atoms with Gasteiger partial charge < -0.3 is 14.3 Å². The topological polar surface area (TPSA) is 55.8 Å². The molecule has 1 fully saturated rings. The van der Waals surface area contributed by atoms with E-state index in [0.717, 1.165) is 0 Å². The number of hydrogen-bond acceptors (Lipinski definition) is 3. The van der Waals surface area contributed by atoms with Gasteiger partial charge in [0.25, 0.3) is 8.32 Å². The van der Waals surface area contributed by atoms with Crippen molar-refractivity contribution in [2.24, 2.45) is 5.92 Å². The number of benzene rings is 2. The summed E-state index contributed by atoms with van der Waals surface area (Å²) in [6.45, 7) is 9.09. The Balaban J connectivity index is 2.00. The molecule has 4 nitrogen and oxygen atoms in total. The minimum atomic E-state index is -2.64. The molecule has 1 unspecified atom stereocenters. The molecule has 5 heteroatoms. The van der Waals surface area contributed by atoms with Gasteiger partial charge in [-0.1, -0.05) is 88.4 Å². The maximum absolute atomic E-state index is 11.6. The number of carbonyl (C=O) groups is 1. The van der Waals surface area contributed by atoms with Crippen molar-refractivity contribution >= 4 is 24.7 Å². The molecular weight excluding hydrogens is 380 g/mol. The van der Waals surface area contributed by atoms with Crippen molar-refractivity contribution in [1.82, 2.24) is 0 Å². The SMILES string of the molecule is CCC(C(=O)O)[C@@H]1C[C@@H](O[Si](c2ccccc2)(c2ccccc2)C(C)(C)C)CO1. The summed E-state index contributed by atoms with van der Waals surface area (Å²) in [6.07, 6.45) is 0.779. The number of hydrogen-bond donors (Lipinski definition) is 1. The molecule has 0 amide bonds. The second kappa shape index (κ2) is 8.82. The molecule has 3 rings (SSSR count).